The van der Waals surface area contributed by atoms with Crippen molar-refractivity contribution >= 4 is 43.5 Å². The zero-order chi connectivity index (χ0) is 22.5. The van der Waals surface area contributed by atoms with Gasteiger partial charge in [-0.25, -0.2) is 0 Å². The maximum Gasteiger partial charge on any atom is 0.143 e. The number of hydrogen-bond acceptors (Lipinski definition) is 1. The van der Waals surface area contributed by atoms with E-state index in [2.05, 4.69) is 121 Å². The van der Waals surface area contributed by atoms with Crippen LogP contribution in [0, 0.1) is 0 Å². The molecule has 0 saturated heterocycles. The minimum absolute atomic E-state index is 0.835. The van der Waals surface area contributed by atoms with E-state index in [0.717, 1.165) is 23.2 Å². The van der Waals surface area contributed by atoms with Crippen LogP contribution in [0.15, 0.2) is 126 Å². The molecule has 1 heterocycles. The molecule has 0 aliphatic heterocycles. The molecule has 160 valence electrons. The van der Waals surface area contributed by atoms with Gasteiger partial charge in [-0.2, -0.15) is 0 Å². The summed E-state index contributed by atoms with van der Waals surface area (Å²) in [5, 5.41) is 7.34. The molecule has 7 rings (SSSR count). The van der Waals surface area contributed by atoms with E-state index < -0.39 is 0 Å². The van der Waals surface area contributed by atoms with Gasteiger partial charge >= 0.3 is 0 Å². The minimum atomic E-state index is 0.835. The molecule has 0 radical (unpaired) electrons. The Labute approximate surface area is 197 Å². The normalized spacial score (nSPS) is 11.6. The van der Waals surface area contributed by atoms with Gasteiger partial charge in [-0.1, -0.05) is 115 Å². The van der Waals surface area contributed by atoms with E-state index in [4.69, 9.17) is 4.42 Å². The van der Waals surface area contributed by atoms with E-state index in [-0.39, 0.29) is 0 Å². The van der Waals surface area contributed by atoms with Crippen molar-refractivity contribution in [2.45, 2.75) is 6.42 Å². The van der Waals surface area contributed by atoms with Crippen LogP contribution in [0.5, 0.6) is 0 Å². The van der Waals surface area contributed by atoms with Gasteiger partial charge in [0.05, 0.1) is 0 Å². The predicted molar refractivity (Wildman–Crippen MR) is 143 cm³/mol. The zero-order valence-electron chi connectivity index (χ0n) is 18.7. The Kier molecular flexibility index (Phi) is 4.28. The second-order valence-corrected chi connectivity index (χ2v) is 8.93. The van der Waals surface area contributed by atoms with E-state index in [1.165, 1.54) is 49.0 Å². The number of benzene rings is 6. The maximum atomic E-state index is 6.80. The molecule has 0 saturated carbocycles. The SMILES string of the molecule is c1ccc(Cc2c3ccccc3cc3c2oc2c(-c4cccc5ccccc45)cccc23)cc1. The summed E-state index contributed by atoms with van der Waals surface area (Å²) in [5.74, 6) is 0. The summed E-state index contributed by atoms with van der Waals surface area (Å²) < 4.78 is 6.80. The van der Waals surface area contributed by atoms with Crippen molar-refractivity contribution in [2.75, 3.05) is 0 Å². The summed E-state index contributed by atoms with van der Waals surface area (Å²) in [7, 11) is 0. The summed E-state index contributed by atoms with van der Waals surface area (Å²) in [4.78, 5) is 0. The number of rotatable bonds is 3. The molecule has 1 aromatic heterocycles. The molecular weight excluding hydrogens is 412 g/mol. The fourth-order valence-electron chi connectivity index (χ4n) is 5.33. The van der Waals surface area contributed by atoms with Crippen LogP contribution in [0.25, 0.3) is 54.6 Å². The lowest BCUT2D eigenvalue weighted by atomic mass is 9.94. The zero-order valence-corrected chi connectivity index (χ0v) is 18.7. The highest BCUT2D eigenvalue weighted by atomic mass is 16.3. The van der Waals surface area contributed by atoms with Gasteiger partial charge in [0.2, 0.25) is 0 Å². The molecule has 0 aliphatic carbocycles. The first-order valence-corrected chi connectivity index (χ1v) is 11.7. The topological polar surface area (TPSA) is 13.1 Å². The van der Waals surface area contributed by atoms with Gasteiger partial charge in [0.1, 0.15) is 11.2 Å². The summed E-state index contributed by atoms with van der Waals surface area (Å²) in [5.41, 5.74) is 6.83. The third-order valence-electron chi connectivity index (χ3n) is 6.92. The van der Waals surface area contributed by atoms with Crippen molar-refractivity contribution in [3.05, 3.63) is 132 Å². The van der Waals surface area contributed by atoms with Gasteiger partial charge in [0.25, 0.3) is 0 Å². The lowest BCUT2D eigenvalue weighted by Gasteiger charge is -2.08. The average molecular weight is 435 g/mol. The van der Waals surface area contributed by atoms with Crippen LogP contribution in [0.4, 0.5) is 0 Å². The van der Waals surface area contributed by atoms with E-state index >= 15 is 0 Å². The van der Waals surface area contributed by atoms with Crippen molar-refractivity contribution in [1.29, 1.82) is 0 Å². The van der Waals surface area contributed by atoms with Gasteiger partial charge < -0.3 is 4.42 Å². The summed E-state index contributed by atoms with van der Waals surface area (Å²) in [6.45, 7) is 0. The van der Waals surface area contributed by atoms with Crippen LogP contribution in [-0.2, 0) is 6.42 Å². The fraction of sp³-hybridized carbons (Fsp3) is 0.0303. The Hall–Kier alpha value is -4.36. The van der Waals surface area contributed by atoms with E-state index in [1.54, 1.807) is 0 Å². The van der Waals surface area contributed by atoms with Crippen molar-refractivity contribution in [1.82, 2.24) is 0 Å². The van der Waals surface area contributed by atoms with Gasteiger partial charge in [0.15, 0.2) is 0 Å². The molecule has 1 heteroatoms. The largest absolute Gasteiger partial charge is 0.455 e. The first-order chi connectivity index (χ1) is 16.9. The molecule has 6 aromatic carbocycles. The molecule has 0 amide bonds. The minimum Gasteiger partial charge on any atom is -0.455 e. The lowest BCUT2D eigenvalue weighted by molar-refractivity contribution is 0.666. The number of hydrogen-bond donors (Lipinski definition) is 0. The Morgan fingerprint density at radius 3 is 1.97 bits per heavy atom. The quantitative estimate of drug-likeness (QED) is 0.270. The van der Waals surface area contributed by atoms with Crippen molar-refractivity contribution in [3.63, 3.8) is 0 Å². The monoisotopic (exact) mass is 434 g/mol. The second-order valence-electron chi connectivity index (χ2n) is 8.93. The second kappa shape index (κ2) is 7.60. The van der Waals surface area contributed by atoms with Crippen molar-refractivity contribution < 1.29 is 4.42 Å². The summed E-state index contributed by atoms with van der Waals surface area (Å²) in [6, 6.07) is 43.2. The highest BCUT2D eigenvalue weighted by Gasteiger charge is 2.18. The van der Waals surface area contributed by atoms with Crippen LogP contribution in [0.1, 0.15) is 11.1 Å². The number of fused-ring (bicyclic) bond motifs is 5. The molecule has 7 aromatic rings. The highest BCUT2D eigenvalue weighted by Crippen LogP contribution is 2.41. The third kappa shape index (κ3) is 2.94. The average Bonchev–Trinajstić information content (AvgIpc) is 3.27. The molecule has 0 bridgehead atoms. The lowest BCUT2D eigenvalue weighted by Crippen LogP contribution is -1.91. The van der Waals surface area contributed by atoms with E-state index in [9.17, 15) is 0 Å². The van der Waals surface area contributed by atoms with Gasteiger partial charge in [0, 0.05) is 28.3 Å². The van der Waals surface area contributed by atoms with E-state index in [0.29, 0.717) is 0 Å². The summed E-state index contributed by atoms with van der Waals surface area (Å²) >= 11 is 0. The molecule has 0 spiro atoms. The molecule has 0 aliphatic rings. The Balaban J connectivity index is 1.57. The highest BCUT2D eigenvalue weighted by molar-refractivity contribution is 6.16. The standard InChI is InChI=1S/C33H22O/c1-2-10-22(11-3-1)20-30-26-16-7-5-13-24(26)21-31-29-19-9-18-28(32(29)34-33(30)31)27-17-8-14-23-12-4-6-15-25(23)27/h1-19,21H,20H2. The van der Waals surface area contributed by atoms with Gasteiger partial charge in [-0.05, 0) is 38.7 Å². The number of para-hydroxylation sites is 1. The third-order valence-corrected chi connectivity index (χ3v) is 6.92. The molecule has 34 heavy (non-hydrogen) atoms. The molecule has 0 atom stereocenters. The Morgan fingerprint density at radius 1 is 0.441 bits per heavy atom. The van der Waals surface area contributed by atoms with Crippen molar-refractivity contribution in [3.8, 4) is 11.1 Å². The molecule has 0 fully saturated rings. The number of furan rings is 1. The van der Waals surface area contributed by atoms with Crippen LogP contribution in [0.2, 0.25) is 0 Å². The van der Waals surface area contributed by atoms with Crippen molar-refractivity contribution in [2.24, 2.45) is 0 Å². The smallest absolute Gasteiger partial charge is 0.143 e. The van der Waals surface area contributed by atoms with Gasteiger partial charge in [-0.15, -0.1) is 0 Å². The van der Waals surface area contributed by atoms with Crippen LogP contribution in [-0.4, -0.2) is 0 Å². The molecule has 0 N–H and O–H groups in total. The molecule has 0 unspecified atom stereocenters. The van der Waals surface area contributed by atoms with Crippen LogP contribution >= 0.6 is 0 Å². The fourth-order valence-corrected chi connectivity index (χ4v) is 5.33. The maximum absolute atomic E-state index is 6.80. The Bertz CT molecular complexity index is 1820. The van der Waals surface area contributed by atoms with Crippen LogP contribution < -0.4 is 0 Å². The van der Waals surface area contributed by atoms with E-state index in [1.807, 2.05) is 0 Å². The molecule has 1 nitrogen and oxygen atoms in total. The van der Waals surface area contributed by atoms with Crippen LogP contribution in [0.3, 0.4) is 0 Å². The van der Waals surface area contributed by atoms with Gasteiger partial charge in [-0.3, -0.25) is 0 Å². The first kappa shape index (κ1) is 19.1. The first-order valence-electron chi connectivity index (χ1n) is 11.7. The Morgan fingerprint density at radius 2 is 1.09 bits per heavy atom. The summed E-state index contributed by atoms with van der Waals surface area (Å²) in [6.07, 6.45) is 0.835. The molecular formula is C33H22O. The predicted octanol–water partition coefficient (Wildman–Crippen LogP) is 9.15.